The predicted octanol–water partition coefficient (Wildman–Crippen LogP) is 2.16. The van der Waals surface area contributed by atoms with Gasteiger partial charge in [0.1, 0.15) is 11.8 Å². The van der Waals surface area contributed by atoms with Crippen molar-refractivity contribution in [3.63, 3.8) is 0 Å². The Morgan fingerprint density at radius 2 is 1.96 bits per heavy atom. The standard InChI is InChI=1S/C19H19N3O4/c1-26-13-6-4-5-12(11-13)20-17(23)10-9-16-19(25)21-15-8-3-2-7-14(15)18(24)22-16/h2-8,11,16H,9-10H2,1H3,(H,20,23)(H,21,25)(H,22,24)/t16-/m1/s1. The van der Waals surface area contributed by atoms with Gasteiger partial charge in [-0.1, -0.05) is 18.2 Å². The third-order valence-corrected chi connectivity index (χ3v) is 4.06. The number of amides is 3. The van der Waals surface area contributed by atoms with E-state index in [9.17, 15) is 14.4 Å². The molecule has 0 aliphatic carbocycles. The van der Waals surface area contributed by atoms with Gasteiger partial charge in [-0.3, -0.25) is 14.4 Å². The normalized spacial score (nSPS) is 16.0. The van der Waals surface area contributed by atoms with Crippen LogP contribution in [0.15, 0.2) is 48.5 Å². The first-order valence-corrected chi connectivity index (χ1v) is 8.21. The topological polar surface area (TPSA) is 96.5 Å². The maximum absolute atomic E-state index is 12.3. The lowest BCUT2D eigenvalue weighted by Gasteiger charge is -2.14. The summed E-state index contributed by atoms with van der Waals surface area (Å²) < 4.78 is 5.11. The predicted molar refractivity (Wildman–Crippen MR) is 97.2 cm³/mol. The molecule has 2 aromatic carbocycles. The first-order chi connectivity index (χ1) is 12.6. The Hall–Kier alpha value is -3.35. The van der Waals surface area contributed by atoms with Crippen LogP contribution in [0.25, 0.3) is 0 Å². The van der Waals surface area contributed by atoms with Gasteiger partial charge in [-0.25, -0.2) is 0 Å². The summed E-state index contributed by atoms with van der Waals surface area (Å²) in [4.78, 5) is 36.7. The number of methoxy groups -OCH3 is 1. The SMILES string of the molecule is COc1cccc(NC(=O)CC[C@H]2NC(=O)c3ccccc3NC2=O)c1. The number of rotatable bonds is 5. The van der Waals surface area contributed by atoms with Gasteiger partial charge in [-0.2, -0.15) is 0 Å². The largest absolute Gasteiger partial charge is 0.497 e. The zero-order chi connectivity index (χ0) is 18.5. The Morgan fingerprint density at radius 1 is 1.15 bits per heavy atom. The number of ether oxygens (including phenoxy) is 1. The molecule has 3 rings (SSSR count). The van der Waals surface area contributed by atoms with E-state index < -0.39 is 6.04 Å². The van der Waals surface area contributed by atoms with Gasteiger partial charge in [0.05, 0.1) is 18.4 Å². The molecule has 1 atom stereocenters. The van der Waals surface area contributed by atoms with Crippen molar-refractivity contribution >= 4 is 29.1 Å². The number of carbonyl (C=O) groups excluding carboxylic acids is 3. The van der Waals surface area contributed by atoms with Crippen LogP contribution >= 0.6 is 0 Å². The second kappa shape index (κ2) is 7.69. The van der Waals surface area contributed by atoms with E-state index in [2.05, 4.69) is 16.0 Å². The summed E-state index contributed by atoms with van der Waals surface area (Å²) in [5.74, 6) is -0.285. The van der Waals surface area contributed by atoms with E-state index in [1.807, 2.05) is 0 Å². The van der Waals surface area contributed by atoms with Crippen LogP contribution in [0.2, 0.25) is 0 Å². The van der Waals surface area contributed by atoms with E-state index in [1.165, 1.54) is 0 Å². The zero-order valence-corrected chi connectivity index (χ0v) is 14.2. The smallest absolute Gasteiger partial charge is 0.254 e. The number of para-hydroxylation sites is 1. The van der Waals surface area contributed by atoms with Crippen molar-refractivity contribution < 1.29 is 19.1 Å². The molecule has 134 valence electrons. The molecule has 7 nitrogen and oxygen atoms in total. The molecule has 3 N–H and O–H groups in total. The van der Waals surface area contributed by atoms with Crippen molar-refractivity contribution in [2.45, 2.75) is 18.9 Å². The molecule has 0 saturated heterocycles. The Balaban J connectivity index is 1.60. The number of hydrogen-bond donors (Lipinski definition) is 3. The van der Waals surface area contributed by atoms with Crippen molar-refractivity contribution in [3.05, 3.63) is 54.1 Å². The molecule has 0 bridgehead atoms. The third-order valence-electron chi connectivity index (χ3n) is 4.06. The van der Waals surface area contributed by atoms with E-state index in [0.29, 0.717) is 22.7 Å². The van der Waals surface area contributed by atoms with Crippen LogP contribution in [0.3, 0.4) is 0 Å². The molecule has 2 aromatic rings. The third kappa shape index (κ3) is 4.00. The number of hydrogen-bond acceptors (Lipinski definition) is 4. The van der Waals surface area contributed by atoms with Gasteiger partial charge in [0.2, 0.25) is 11.8 Å². The average molecular weight is 353 g/mol. The minimum Gasteiger partial charge on any atom is -0.497 e. The van der Waals surface area contributed by atoms with Crippen LogP contribution in [0, 0.1) is 0 Å². The summed E-state index contributed by atoms with van der Waals surface area (Å²) in [5, 5.41) is 8.14. The van der Waals surface area contributed by atoms with Crippen LogP contribution < -0.4 is 20.7 Å². The fourth-order valence-corrected chi connectivity index (χ4v) is 2.71. The molecular formula is C19H19N3O4. The fraction of sp³-hybridized carbons (Fsp3) is 0.211. The minimum absolute atomic E-state index is 0.0892. The molecule has 1 aliphatic heterocycles. The number of benzene rings is 2. The van der Waals surface area contributed by atoms with Crippen LogP contribution in [-0.2, 0) is 9.59 Å². The lowest BCUT2D eigenvalue weighted by Crippen LogP contribution is -2.41. The lowest BCUT2D eigenvalue weighted by molar-refractivity contribution is -0.118. The average Bonchev–Trinajstić information content (AvgIpc) is 2.76. The van der Waals surface area contributed by atoms with E-state index >= 15 is 0 Å². The molecule has 26 heavy (non-hydrogen) atoms. The van der Waals surface area contributed by atoms with Crippen molar-refractivity contribution in [1.29, 1.82) is 0 Å². The van der Waals surface area contributed by atoms with E-state index in [0.717, 1.165) is 0 Å². The van der Waals surface area contributed by atoms with Crippen molar-refractivity contribution in [2.24, 2.45) is 0 Å². The van der Waals surface area contributed by atoms with Crippen LogP contribution in [0.4, 0.5) is 11.4 Å². The molecule has 7 heteroatoms. The summed E-state index contributed by atoms with van der Waals surface area (Å²) in [7, 11) is 1.55. The van der Waals surface area contributed by atoms with E-state index in [1.54, 1.807) is 55.6 Å². The summed E-state index contributed by atoms with van der Waals surface area (Å²) in [6.45, 7) is 0. The molecular weight excluding hydrogens is 334 g/mol. The molecule has 0 saturated carbocycles. The van der Waals surface area contributed by atoms with Gasteiger partial charge in [0.15, 0.2) is 0 Å². The number of carbonyl (C=O) groups is 3. The highest BCUT2D eigenvalue weighted by Crippen LogP contribution is 2.20. The fourth-order valence-electron chi connectivity index (χ4n) is 2.71. The van der Waals surface area contributed by atoms with E-state index in [4.69, 9.17) is 4.74 Å². The van der Waals surface area contributed by atoms with Gasteiger partial charge in [0, 0.05) is 18.2 Å². The first-order valence-electron chi connectivity index (χ1n) is 8.21. The molecule has 0 unspecified atom stereocenters. The van der Waals surface area contributed by atoms with Crippen molar-refractivity contribution in [1.82, 2.24) is 5.32 Å². The second-order valence-corrected chi connectivity index (χ2v) is 5.88. The Bertz CT molecular complexity index is 850. The highest BCUT2D eigenvalue weighted by molar-refractivity contribution is 6.09. The maximum Gasteiger partial charge on any atom is 0.254 e. The molecule has 0 radical (unpaired) electrons. The van der Waals surface area contributed by atoms with Crippen molar-refractivity contribution in [2.75, 3.05) is 17.7 Å². The Morgan fingerprint density at radius 3 is 2.77 bits per heavy atom. The summed E-state index contributed by atoms with van der Waals surface area (Å²) in [5.41, 5.74) is 1.48. The Labute approximate surface area is 150 Å². The number of anilines is 2. The van der Waals surface area contributed by atoms with Gasteiger partial charge < -0.3 is 20.7 Å². The quantitative estimate of drug-likeness (QED) is 0.767. The summed E-state index contributed by atoms with van der Waals surface area (Å²) in [6, 6.07) is 13.0. The monoisotopic (exact) mass is 353 g/mol. The number of nitrogens with one attached hydrogen (secondary N) is 3. The van der Waals surface area contributed by atoms with Gasteiger partial charge in [-0.05, 0) is 30.7 Å². The van der Waals surface area contributed by atoms with Crippen LogP contribution in [0.5, 0.6) is 5.75 Å². The first kappa shape index (κ1) is 17.5. The van der Waals surface area contributed by atoms with Crippen LogP contribution in [-0.4, -0.2) is 30.9 Å². The second-order valence-electron chi connectivity index (χ2n) is 5.88. The van der Waals surface area contributed by atoms with Crippen molar-refractivity contribution in [3.8, 4) is 5.75 Å². The van der Waals surface area contributed by atoms with Gasteiger partial charge in [0.25, 0.3) is 5.91 Å². The molecule has 1 heterocycles. The highest BCUT2D eigenvalue weighted by atomic mass is 16.5. The molecule has 0 fully saturated rings. The highest BCUT2D eigenvalue weighted by Gasteiger charge is 2.27. The molecule has 0 spiro atoms. The summed E-state index contributed by atoms with van der Waals surface area (Å²) >= 11 is 0. The number of fused-ring (bicyclic) bond motifs is 1. The van der Waals surface area contributed by atoms with Gasteiger partial charge in [-0.15, -0.1) is 0 Å². The maximum atomic E-state index is 12.3. The zero-order valence-electron chi connectivity index (χ0n) is 14.2. The van der Waals surface area contributed by atoms with E-state index in [-0.39, 0.29) is 30.6 Å². The minimum atomic E-state index is -0.772. The Kier molecular flexibility index (Phi) is 5.17. The molecule has 3 amide bonds. The van der Waals surface area contributed by atoms with Crippen LogP contribution in [0.1, 0.15) is 23.2 Å². The summed E-state index contributed by atoms with van der Waals surface area (Å²) in [6.07, 6.45) is 0.285. The lowest BCUT2D eigenvalue weighted by atomic mass is 10.1. The van der Waals surface area contributed by atoms with Gasteiger partial charge >= 0.3 is 0 Å². The molecule has 1 aliphatic rings. The molecule has 0 aromatic heterocycles.